The third-order valence-corrected chi connectivity index (χ3v) is 2.54. The minimum absolute atomic E-state index is 0.0485. The molecule has 84 valence electrons. The molecule has 0 fully saturated rings. The second-order valence-corrected chi connectivity index (χ2v) is 3.96. The van der Waals surface area contributed by atoms with Gasteiger partial charge in [-0.15, -0.1) is 0 Å². The molecule has 0 bridgehead atoms. The Labute approximate surface area is 89.7 Å². The predicted molar refractivity (Wildman–Crippen MR) is 60.6 cm³/mol. The van der Waals surface area contributed by atoms with Gasteiger partial charge in [-0.25, -0.2) is 4.98 Å². The summed E-state index contributed by atoms with van der Waals surface area (Å²) < 4.78 is 0. The maximum Gasteiger partial charge on any atom is 0.221 e. The Kier molecular flexibility index (Phi) is 3.47. The van der Waals surface area contributed by atoms with Gasteiger partial charge in [0.2, 0.25) is 5.95 Å². The topological polar surface area (TPSA) is 84.1 Å². The number of hydrogen-bond acceptors (Lipinski definition) is 5. The number of nitrogens with one attached hydrogen (secondary N) is 1. The summed E-state index contributed by atoms with van der Waals surface area (Å²) in [6, 6.07) is 0. The smallest absolute Gasteiger partial charge is 0.221 e. The molecule has 0 amide bonds. The molecule has 0 aliphatic carbocycles. The molecule has 0 aliphatic rings. The Balaban J connectivity index is 2.92. The minimum Gasteiger partial charge on any atom is -0.394 e. The number of aryl methyl sites for hydroxylation is 1. The SMILES string of the molecule is CCC(C)(CO)Nc1nc(N)ncc1C. The summed E-state index contributed by atoms with van der Waals surface area (Å²) in [6.45, 7) is 5.88. The highest BCUT2D eigenvalue weighted by molar-refractivity contribution is 5.47. The molecule has 0 radical (unpaired) electrons. The third kappa shape index (κ3) is 2.79. The van der Waals surface area contributed by atoms with Gasteiger partial charge in [-0.2, -0.15) is 4.98 Å². The summed E-state index contributed by atoms with van der Waals surface area (Å²) in [5, 5.41) is 12.5. The van der Waals surface area contributed by atoms with E-state index in [1.807, 2.05) is 20.8 Å². The van der Waals surface area contributed by atoms with Crippen LogP contribution in [0.5, 0.6) is 0 Å². The lowest BCUT2D eigenvalue weighted by molar-refractivity contribution is 0.218. The fourth-order valence-corrected chi connectivity index (χ4v) is 1.11. The number of hydrogen-bond donors (Lipinski definition) is 3. The predicted octanol–water partition coefficient (Wildman–Crippen LogP) is 0.940. The van der Waals surface area contributed by atoms with Gasteiger partial charge < -0.3 is 16.2 Å². The van der Waals surface area contributed by atoms with Crippen molar-refractivity contribution in [1.82, 2.24) is 9.97 Å². The first-order valence-corrected chi connectivity index (χ1v) is 4.99. The summed E-state index contributed by atoms with van der Waals surface area (Å²) in [5.41, 5.74) is 6.05. The molecule has 5 nitrogen and oxygen atoms in total. The lowest BCUT2D eigenvalue weighted by atomic mass is 10.0. The molecule has 1 aromatic rings. The number of anilines is 2. The van der Waals surface area contributed by atoms with Crippen LogP contribution in [-0.4, -0.2) is 27.2 Å². The van der Waals surface area contributed by atoms with E-state index in [2.05, 4.69) is 15.3 Å². The molecule has 1 aromatic heterocycles. The Morgan fingerprint density at radius 2 is 2.27 bits per heavy atom. The van der Waals surface area contributed by atoms with Crippen LogP contribution in [-0.2, 0) is 0 Å². The Bertz CT molecular complexity index is 336. The summed E-state index contributed by atoms with van der Waals surface area (Å²) in [5.74, 6) is 0.917. The van der Waals surface area contributed by atoms with Crippen LogP contribution in [0.2, 0.25) is 0 Å². The molecule has 1 heterocycles. The van der Waals surface area contributed by atoms with E-state index in [0.717, 1.165) is 12.0 Å². The van der Waals surface area contributed by atoms with Gasteiger partial charge >= 0.3 is 0 Å². The van der Waals surface area contributed by atoms with E-state index in [9.17, 15) is 5.11 Å². The molecule has 0 saturated carbocycles. The highest BCUT2D eigenvalue weighted by Gasteiger charge is 2.21. The van der Waals surface area contributed by atoms with E-state index in [-0.39, 0.29) is 18.1 Å². The number of nitrogen functional groups attached to an aromatic ring is 1. The van der Waals surface area contributed by atoms with Gasteiger partial charge in [0.15, 0.2) is 0 Å². The van der Waals surface area contributed by atoms with Crippen LogP contribution in [0.15, 0.2) is 6.20 Å². The maximum atomic E-state index is 9.27. The zero-order chi connectivity index (χ0) is 11.5. The van der Waals surface area contributed by atoms with Crippen molar-refractivity contribution >= 4 is 11.8 Å². The zero-order valence-electron chi connectivity index (χ0n) is 9.41. The van der Waals surface area contributed by atoms with Crippen LogP contribution in [0.1, 0.15) is 25.8 Å². The molecule has 1 unspecified atom stereocenters. The highest BCUT2D eigenvalue weighted by atomic mass is 16.3. The highest BCUT2D eigenvalue weighted by Crippen LogP contribution is 2.19. The molecule has 1 atom stereocenters. The van der Waals surface area contributed by atoms with Crippen LogP contribution in [0.3, 0.4) is 0 Å². The molecule has 0 aromatic carbocycles. The number of rotatable bonds is 4. The largest absolute Gasteiger partial charge is 0.394 e. The summed E-state index contributed by atoms with van der Waals surface area (Å²) in [7, 11) is 0. The van der Waals surface area contributed by atoms with Gasteiger partial charge in [-0.05, 0) is 20.3 Å². The fraction of sp³-hybridized carbons (Fsp3) is 0.600. The fourth-order valence-electron chi connectivity index (χ4n) is 1.11. The number of nitrogens with zero attached hydrogens (tertiary/aromatic N) is 2. The first kappa shape index (κ1) is 11.7. The number of aliphatic hydroxyl groups is 1. The Hall–Kier alpha value is -1.36. The molecule has 1 rings (SSSR count). The Morgan fingerprint density at radius 1 is 1.60 bits per heavy atom. The monoisotopic (exact) mass is 210 g/mol. The van der Waals surface area contributed by atoms with E-state index in [0.29, 0.717) is 5.82 Å². The van der Waals surface area contributed by atoms with Crippen LogP contribution in [0, 0.1) is 6.92 Å². The van der Waals surface area contributed by atoms with Crippen molar-refractivity contribution in [2.24, 2.45) is 0 Å². The van der Waals surface area contributed by atoms with Gasteiger partial charge in [0.1, 0.15) is 5.82 Å². The van der Waals surface area contributed by atoms with Crippen molar-refractivity contribution in [3.8, 4) is 0 Å². The van der Waals surface area contributed by atoms with Gasteiger partial charge in [-0.3, -0.25) is 0 Å². The number of aromatic nitrogens is 2. The van der Waals surface area contributed by atoms with Crippen molar-refractivity contribution in [1.29, 1.82) is 0 Å². The van der Waals surface area contributed by atoms with E-state index >= 15 is 0 Å². The molecule has 5 heteroatoms. The molecule has 15 heavy (non-hydrogen) atoms. The van der Waals surface area contributed by atoms with Crippen LogP contribution in [0.25, 0.3) is 0 Å². The third-order valence-electron chi connectivity index (χ3n) is 2.54. The molecular weight excluding hydrogens is 192 g/mol. The van der Waals surface area contributed by atoms with Gasteiger partial charge in [-0.1, -0.05) is 6.92 Å². The van der Waals surface area contributed by atoms with E-state index in [1.165, 1.54) is 0 Å². The van der Waals surface area contributed by atoms with Crippen molar-refractivity contribution in [2.75, 3.05) is 17.7 Å². The minimum atomic E-state index is -0.369. The van der Waals surface area contributed by atoms with Crippen molar-refractivity contribution in [3.63, 3.8) is 0 Å². The van der Waals surface area contributed by atoms with E-state index in [4.69, 9.17) is 5.73 Å². The van der Waals surface area contributed by atoms with Crippen LogP contribution < -0.4 is 11.1 Å². The average Bonchev–Trinajstić information content (AvgIpc) is 2.23. The molecule has 0 saturated heterocycles. The maximum absolute atomic E-state index is 9.27. The second kappa shape index (κ2) is 4.44. The average molecular weight is 210 g/mol. The lowest BCUT2D eigenvalue weighted by Crippen LogP contribution is -2.38. The van der Waals surface area contributed by atoms with Crippen LogP contribution in [0.4, 0.5) is 11.8 Å². The lowest BCUT2D eigenvalue weighted by Gasteiger charge is -2.28. The van der Waals surface area contributed by atoms with Crippen molar-refractivity contribution in [2.45, 2.75) is 32.7 Å². The standard InChI is InChI=1S/C10H18N4O/c1-4-10(3,6-15)14-8-7(2)5-12-9(11)13-8/h5,15H,4,6H2,1-3H3,(H3,11,12,13,14). The molecule has 0 aliphatic heterocycles. The summed E-state index contributed by atoms with van der Waals surface area (Å²) in [4.78, 5) is 7.98. The molecular formula is C10H18N4O. The number of nitrogens with two attached hydrogens (primary N) is 1. The van der Waals surface area contributed by atoms with Crippen molar-refractivity contribution in [3.05, 3.63) is 11.8 Å². The quantitative estimate of drug-likeness (QED) is 0.688. The van der Waals surface area contributed by atoms with E-state index < -0.39 is 0 Å². The summed E-state index contributed by atoms with van der Waals surface area (Å²) in [6.07, 6.45) is 2.46. The zero-order valence-corrected chi connectivity index (χ0v) is 9.41. The summed E-state index contributed by atoms with van der Waals surface area (Å²) >= 11 is 0. The first-order valence-electron chi connectivity index (χ1n) is 4.99. The van der Waals surface area contributed by atoms with Gasteiger partial charge in [0, 0.05) is 11.8 Å². The first-order chi connectivity index (χ1) is 7.00. The Morgan fingerprint density at radius 3 is 2.80 bits per heavy atom. The van der Waals surface area contributed by atoms with Gasteiger partial charge in [0.25, 0.3) is 0 Å². The van der Waals surface area contributed by atoms with Crippen LogP contribution >= 0.6 is 0 Å². The normalized spacial score (nSPS) is 14.7. The van der Waals surface area contributed by atoms with Gasteiger partial charge in [0.05, 0.1) is 12.1 Å². The molecule has 0 spiro atoms. The van der Waals surface area contributed by atoms with Crippen molar-refractivity contribution < 1.29 is 5.11 Å². The second-order valence-electron chi connectivity index (χ2n) is 3.96. The molecule has 4 N–H and O–H groups in total. The number of aliphatic hydroxyl groups excluding tert-OH is 1. The van der Waals surface area contributed by atoms with E-state index in [1.54, 1.807) is 6.20 Å².